The molecule has 0 unspecified atom stereocenters. The Morgan fingerprint density at radius 1 is 1.18 bits per heavy atom. The van der Waals surface area contributed by atoms with Crippen molar-refractivity contribution < 1.29 is 14.3 Å². The maximum Gasteiger partial charge on any atom is 0.241 e. The van der Waals surface area contributed by atoms with E-state index >= 15 is 0 Å². The molecular weight excluding hydrogens is 280 g/mol. The molecule has 2 saturated heterocycles. The Hall–Kier alpha value is -1.59. The number of carbonyl (C=O) groups excluding carboxylic acids is 1. The fourth-order valence-corrected chi connectivity index (χ4v) is 3.03. The van der Waals surface area contributed by atoms with Gasteiger partial charge < -0.3 is 19.7 Å². The van der Waals surface area contributed by atoms with Crippen molar-refractivity contribution >= 4 is 11.6 Å². The van der Waals surface area contributed by atoms with Crippen molar-refractivity contribution in [2.45, 2.75) is 32.0 Å². The van der Waals surface area contributed by atoms with Crippen LogP contribution in [0.4, 0.5) is 5.69 Å². The highest BCUT2D eigenvalue weighted by Gasteiger charge is 2.40. The number of carbonyl (C=O) groups is 1. The van der Waals surface area contributed by atoms with E-state index in [0.717, 1.165) is 24.9 Å². The van der Waals surface area contributed by atoms with Gasteiger partial charge in [0.2, 0.25) is 5.91 Å². The quantitative estimate of drug-likeness (QED) is 0.925. The highest BCUT2D eigenvalue weighted by atomic mass is 16.7. The minimum atomic E-state index is -0.416. The summed E-state index contributed by atoms with van der Waals surface area (Å²) in [5, 5.41) is 3.20. The summed E-state index contributed by atoms with van der Waals surface area (Å²) >= 11 is 0. The topological polar surface area (TPSA) is 50.8 Å². The molecule has 1 N–H and O–H groups in total. The van der Waals surface area contributed by atoms with Crippen molar-refractivity contribution in [1.82, 2.24) is 4.90 Å². The summed E-state index contributed by atoms with van der Waals surface area (Å²) in [5.41, 5.74) is 2.29. The van der Waals surface area contributed by atoms with Crippen LogP contribution in [0.5, 0.6) is 0 Å². The number of amides is 1. The Morgan fingerprint density at radius 2 is 1.82 bits per heavy atom. The molecule has 0 atom stereocenters. The summed E-state index contributed by atoms with van der Waals surface area (Å²) in [4.78, 5) is 14.2. The van der Waals surface area contributed by atoms with Gasteiger partial charge >= 0.3 is 0 Å². The Kier molecular flexibility index (Phi) is 4.64. The SMILES string of the molecule is CCc1ccc(NCC(=O)N2CCC3(CC2)OCCO3)cc1. The number of nitrogens with one attached hydrogen (secondary N) is 1. The van der Waals surface area contributed by atoms with E-state index < -0.39 is 5.79 Å². The third-order valence-corrected chi connectivity index (χ3v) is 4.50. The fourth-order valence-electron chi connectivity index (χ4n) is 3.03. The molecular formula is C17H24N2O3. The zero-order chi connectivity index (χ0) is 15.4. The number of rotatable bonds is 4. The zero-order valence-electron chi connectivity index (χ0n) is 13.1. The number of nitrogens with zero attached hydrogens (tertiary/aromatic N) is 1. The molecule has 1 aromatic rings. The number of benzene rings is 1. The van der Waals surface area contributed by atoms with Gasteiger partial charge in [0, 0.05) is 31.6 Å². The smallest absolute Gasteiger partial charge is 0.241 e. The van der Waals surface area contributed by atoms with Crippen LogP contribution in [0.2, 0.25) is 0 Å². The molecule has 2 aliphatic heterocycles. The van der Waals surface area contributed by atoms with Gasteiger partial charge in [-0.2, -0.15) is 0 Å². The van der Waals surface area contributed by atoms with Gasteiger partial charge in [-0.25, -0.2) is 0 Å². The Labute approximate surface area is 131 Å². The van der Waals surface area contributed by atoms with Gasteiger partial charge in [0.1, 0.15) is 0 Å². The van der Waals surface area contributed by atoms with E-state index in [1.807, 2.05) is 17.0 Å². The van der Waals surface area contributed by atoms with Gasteiger partial charge in [0.15, 0.2) is 5.79 Å². The number of hydrogen-bond donors (Lipinski definition) is 1. The van der Waals surface area contributed by atoms with E-state index in [1.165, 1.54) is 5.56 Å². The van der Waals surface area contributed by atoms with Crippen molar-refractivity contribution in [3.8, 4) is 0 Å². The number of ether oxygens (including phenoxy) is 2. The minimum Gasteiger partial charge on any atom is -0.376 e. The van der Waals surface area contributed by atoms with Gasteiger partial charge in [-0.05, 0) is 24.1 Å². The first-order valence-electron chi connectivity index (χ1n) is 8.09. The van der Waals surface area contributed by atoms with Gasteiger partial charge in [-0.1, -0.05) is 19.1 Å². The molecule has 2 heterocycles. The van der Waals surface area contributed by atoms with Gasteiger partial charge in [0.05, 0.1) is 19.8 Å². The number of likely N-dealkylation sites (tertiary alicyclic amines) is 1. The zero-order valence-corrected chi connectivity index (χ0v) is 13.1. The van der Waals surface area contributed by atoms with Crippen molar-refractivity contribution in [1.29, 1.82) is 0 Å². The average molecular weight is 304 g/mol. The highest BCUT2D eigenvalue weighted by Crippen LogP contribution is 2.31. The molecule has 0 saturated carbocycles. The monoisotopic (exact) mass is 304 g/mol. The number of hydrogen-bond acceptors (Lipinski definition) is 4. The lowest BCUT2D eigenvalue weighted by Crippen LogP contribution is -2.48. The van der Waals surface area contributed by atoms with Crippen LogP contribution in [0.25, 0.3) is 0 Å². The van der Waals surface area contributed by atoms with E-state index in [0.29, 0.717) is 32.8 Å². The molecule has 120 valence electrons. The summed E-state index contributed by atoms with van der Waals surface area (Å²) in [5.74, 6) is -0.285. The molecule has 0 aromatic heterocycles. The largest absolute Gasteiger partial charge is 0.376 e. The second-order valence-corrected chi connectivity index (χ2v) is 5.89. The molecule has 5 heteroatoms. The summed E-state index contributed by atoms with van der Waals surface area (Å²) in [6.07, 6.45) is 2.56. The third kappa shape index (κ3) is 3.42. The lowest BCUT2D eigenvalue weighted by Gasteiger charge is -2.37. The average Bonchev–Trinajstić information content (AvgIpc) is 3.02. The predicted octanol–water partition coefficient (Wildman–Crippen LogP) is 2.03. The first kappa shape index (κ1) is 15.3. The van der Waals surface area contributed by atoms with Crippen LogP contribution in [0, 0.1) is 0 Å². The minimum absolute atomic E-state index is 0.132. The van der Waals surface area contributed by atoms with Crippen molar-refractivity contribution in [3.63, 3.8) is 0 Å². The summed E-state index contributed by atoms with van der Waals surface area (Å²) < 4.78 is 11.4. The molecule has 22 heavy (non-hydrogen) atoms. The van der Waals surface area contributed by atoms with E-state index in [-0.39, 0.29) is 5.91 Å². The van der Waals surface area contributed by atoms with Crippen LogP contribution in [0.1, 0.15) is 25.3 Å². The van der Waals surface area contributed by atoms with E-state index in [4.69, 9.17) is 9.47 Å². The lowest BCUT2D eigenvalue weighted by atomic mass is 10.0. The van der Waals surface area contributed by atoms with Crippen molar-refractivity contribution in [3.05, 3.63) is 29.8 Å². The molecule has 2 aliphatic rings. The summed E-state index contributed by atoms with van der Waals surface area (Å²) in [6.45, 7) is 5.21. The van der Waals surface area contributed by atoms with Gasteiger partial charge in [0.25, 0.3) is 0 Å². The number of aryl methyl sites for hydroxylation is 1. The highest BCUT2D eigenvalue weighted by molar-refractivity contribution is 5.81. The van der Waals surface area contributed by atoms with Crippen LogP contribution in [0.3, 0.4) is 0 Å². The summed E-state index contributed by atoms with van der Waals surface area (Å²) in [6, 6.07) is 8.23. The Bertz CT molecular complexity index is 499. The fraction of sp³-hybridized carbons (Fsp3) is 0.588. The number of anilines is 1. The molecule has 5 nitrogen and oxygen atoms in total. The van der Waals surface area contributed by atoms with Crippen LogP contribution in [0.15, 0.2) is 24.3 Å². The Balaban J connectivity index is 1.46. The third-order valence-electron chi connectivity index (χ3n) is 4.50. The second kappa shape index (κ2) is 6.67. The number of piperidine rings is 1. The van der Waals surface area contributed by atoms with Gasteiger partial charge in [-0.15, -0.1) is 0 Å². The molecule has 3 rings (SSSR count). The lowest BCUT2D eigenvalue weighted by molar-refractivity contribution is -0.187. The van der Waals surface area contributed by atoms with Crippen molar-refractivity contribution in [2.75, 3.05) is 38.2 Å². The molecule has 1 amide bonds. The first-order valence-corrected chi connectivity index (χ1v) is 8.09. The van der Waals surface area contributed by atoms with Crippen LogP contribution in [-0.4, -0.2) is 49.4 Å². The van der Waals surface area contributed by atoms with Crippen LogP contribution in [-0.2, 0) is 20.7 Å². The van der Waals surface area contributed by atoms with Crippen LogP contribution < -0.4 is 5.32 Å². The van der Waals surface area contributed by atoms with Crippen LogP contribution >= 0.6 is 0 Å². The predicted molar refractivity (Wildman–Crippen MR) is 84.8 cm³/mol. The second-order valence-electron chi connectivity index (χ2n) is 5.89. The Morgan fingerprint density at radius 3 is 2.41 bits per heavy atom. The van der Waals surface area contributed by atoms with Gasteiger partial charge in [-0.3, -0.25) is 4.79 Å². The molecule has 1 aromatic carbocycles. The molecule has 1 spiro atoms. The molecule has 0 radical (unpaired) electrons. The summed E-state index contributed by atoms with van der Waals surface area (Å²) in [7, 11) is 0. The standard InChI is InChI=1S/C17H24N2O3/c1-2-14-3-5-15(6-4-14)18-13-16(20)19-9-7-17(8-10-19)21-11-12-22-17/h3-6,18H,2,7-13H2,1H3. The molecule has 2 fully saturated rings. The molecule has 0 aliphatic carbocycles. The normalized spacial score (nSPS) is 20.3. The van der Waals surface area contributed by atoms with E-state index in [1.54, 1.807) is 0 Å². The van der Waals surface area contributed by atoms with E-state index in [9.17, 15) is 4.79 Å². The van der Waals surface area contributed by atoms with E-state index in [2.05, 4.69) is 24.4 Å². The first-order chi connectivity index (χ1) is 10.7. The van der Waals surface area contributed by atoms with Crippen molar-refractivity contribution in [2.24, 2.45) is 0 Å². The maximum atomic E-state index is 12.3. The maximum absolute atomic E-state index is 12.3. The molecule has 0 bridgehead atoms.